The summed E-state index contributed by atoms with van der Waals surface area (Å²) >= 11 is 0. The van der Waals surface area contributed by atoms with Crippen molar-refractivity contribution in [1.29, 1.82) is 0 Å². The number of carbonyl (C=O) groups excluding carboxylic acids is 3. The molecule has 0 aromatic heterocycles. The molecule has 0 aliphatic heterocycles. The molecule has 83 heavy (non-hydrogen) atoms. The summed E-state index contributed by atoms with van der Waals surface area (Å²) in [5, 5.41) is 0. The van der Waals surface area contributed by atoms with Crippen LogP contribution in [0.15, 0.2) is 134 Å². The predicted molar refractivity (Wildman–Crippen MR) is 362 cm³/mol. The number of hydrogen-bond donors (Lipinski definition) is 0. The maximum absolute atomic E-state index is 12.9. The number of hydrogen-bond acceptors (Lipinski definition) is 6. The summed E-state index contributed by atoms with van der Waals surface area (Å²) in [6.45, 7) is 6.39. The molecule has 0 saturated carbocycles. The van der Waals surface area contributed by atoms with E-state index in [0.717, 1.165) is 148 Å². The molecule has 0 aliphatic rings. The van der Waals surface area contributed by atoms with Gasteiger partial charge in [0.05, 0.1) is 0 Å². The lowest BCUT2D eigenvalue weighted by Crippen LogP contribution is -2.30. The van der Waals surface area contributed by atoms with Gasteiger partial charge in [0.25, 0.3) is 0 Å². The first-order chi connectivity index (χ1) is 41.0. The zero-order valence-electron chi connectivity index (χ0n) is 54.2. The third-order valence-corrected chi connectivity index (χ3v) is 14.7. The monoisotopic (exact) mass is 1150 g/mol. The largest absolute Gasteiger partial charge is 0.462 e. The number of carbonyl (C=O) groups is 3. The Labute approximate surface area is 513 Å². The summed E-state index contributed by atoms with van der Waals surface area (Å²) in [6, 6.07) is 0. The van der Waals surface area contributed by atoms with Crippen molar-refractivity contribution in [2.24, 2.45) is 0 Å². The van der Waals surface area contributed by atoms with Crippen molar-refractivity contribution in [1.82, 2.24) is 0 Å². The molecule has 0 aromatic carbocycles. The van der Waals surface area contributed by atoms with Crippen LogP contribution < -0.4 is 0 Å². The predicted octanol–water partition coefficient (Wildman–Crippen LogP) is 24.1. The average Bonchev–Trinajstić information content (AvgIpc) is 3.49. The van der Waals surface area contributed by atoms with E-state index in [2.05, 4.69) is 154 Å². The van der Waals surface area contributed by atoms with Crippen molar-refractivity contribution in [3.63, 3.8) is 0 Å². The van der Waals surface area contributed by atoms with E-state index in [1.165, 1.54) is 128 Å². The lowest BCUT2D eigenvalue weighted by Gasteiger charge is -2.18. The minimum Gasteiger partial charge on any atom is -0.462 e. The first-order valence-corrected chi connectivity index (χ1v) is 34.7. The summed E-state index contributed by atoms with van der Waals surface area (Å²) in [6.07, 6.45) is 99.2. The van der Waals surface area contributed by atoms with Gasteiger partial charge in [0.2, 0.25) is 0 Å². The molecular formula is C77H128O6. The first kappa shape index (κ1) is 78.5. The van der Waals surface area contributed by atoms with Crippen LogP contribution in [0.1, 0.15) is 316 Å². The SMILES string of the molecule is CC/C=C\C/C=C\C/C=C\C/C=C\C/C=C\C/C=C\CCCCCCCCCCCCCCCCCCC(=O)OCC(COC(=O)CCCCCCCCCCC)OC(=O)CCCCCCC/C=C\C/C=C\C/C=C\C/C=C\C/C=C\CC. The van der Waals surface area contributed by atoms with Gasteiger partial charge in [-0.2, -0.15) is 0 Å². The highest BCUT2D eigenvalue weighted by molar-refractivity contribution is 5.71. The molecule has 0 rings (SSSR count). The standard InChI is InChI=1S/C77H128O6/c1-4-7-10-13-16-19-21-23-25-27-29-31-32-33-34-35-36-37-38-39-40-41-42-43-44-46-47-49-51-53-55-58-61-64-67-70-76(79)82-73-74(72-81-75(78)69-66-63-60-57-18-15-12-9-6-3)83-77(80)71-68-65-62-59-56-54-52-50-48-45-30-28-26-24-22-20-17-14-11-8-5-2/h7-8,10-11,16-17,19-20,23-26,29-31,33-34,36-37,45,50,52,74H,4-6,9,12-15,18,21-22,27-28,32,35,38-44,46-49,51,53-73H2,1-3H3/b10-7-,11-8-,19-16-,20-17-,25-23-,26-24-,31-29-,34-33-,37-36-,45-30-,52-50-. The van der Waals surface area contributed by atoms with Gasteiger partial charge in [-0.25, -0.2) is 0 Å². The fourth-order valence-electron chi connectivity index (χ4n) is 9.53. The summed E-state index contributed by atoms with van der Waals surface area (Å²) in [4.78, 5) is 38.3. The van der Waals surface area contributed by atoms with Crippen LogP contribution in [0.25, 0.3) is 0 Å². The van der Waals surface area contributed by atoms with Crippen molar-refractivity contribution in [3.8, 4) is 0 Å². The zero-order valence-corrected chi connectivity index (χ0v) is 54.2. The van der Waals surface area contributed by atoms with Crippen LogP contribution in [0.5, 0.6) is 0 Å². The average molecular weight is 1150 g/mol. The summed E-state index contributed by atoms with van der Waals surface area (Å²) in [5.41, 5.74) is 0. The van der Waals surface area contributed by atoms with E-state index in [-0.39, 0.29) is 31.1 Å². The maximum Gasteiger partial charge on any atom is 0.306 e. The van der Waals surface area contributed by atoms with Crippen LogP contribution in [0.4, 0.5) is 0 Å². The van der Waals surface area contributed by atoms with Crippen molar-refractivity contribution < 1.29 is 28.6 Å². The van der Waals surface area contributed by atoms with E-state index in [1.54, 1.807) is 0 Å². The number of allylic oxidation sites excluding steroid dienone is 22. The van der Waals surface area contributed by atoms with Crippen molar-refractivity contribution in [2.75, 3.05) is 13.2 Å². The third kappa shape index (κ3) is 68.2. The van der Waals surface area contributed by atoms with Crippen molar-refractivity contribution in [3.05, 3.63) is 134 Å². The maximum atomic E-state index is 12.9. The second-order valence-corrected chi connectivity index (χ2v) is 22.7. The quantitative estimate of drug-likeness (QED) is 0.0261. The molecule has 6 nitrogen and oxygen atoms in total. The summed E-state index contributed by atoms with van der Waals surface area (Å²) in [7, 11) is 0. The van der Waals surface area contributed by atoms with Gasteiger partial charge in [-0.15, -0.1) is 0 Å². The molecule has 0 saturated heterocycles. The number of unbranched alkanes of at least 4 members (excludes halogenated alkanes) is 29. The van der Waals surface area contributed by atoms with Crippen LogP contribution in [-0.4, -0.2) is 37.2 Å². The molecule has 0 amide bonds. The topological polar surface area (TPSA) is 78.9 Å². The molecule has 472 valence electrons. The fourth-order valence-corrected chi connectivity index (χ4v) is 9.53. The minimum atomic E-state index is -0.789. The molecular weight excluding hydrogens is 1020 g/mol. The van der Waals surface area contributed by atoms with Crippen LogP contribution in [-0.2, 0) is 28.6 Å². The van der Waals surface area contributed by atoms with Gasteiger partial charge in [-0.1, -0.05) is 315 Å². The van der Waals surface area contributed by atoms with Gasteiger partial charge >= 0.3 is 17.9 Å². The van der Waals surface area contributed by atoms with Gasteiger partial charge in [0.15, 0.2) is 6.10 Å². The van der Waals surface area contributed by atoms with E-state index >= 15 is 0 Å². The van der Waals surface area contributed by atoms with Crippen LogP contribution in [0.2, 0.25) is 0 Å². The van der Waals surface area contributed by atoms with E-state index in [9.17, 15) is 14.4 Å². The molecule has 6 heteroatoms. The van der Waals surface area contributed by atoms with Gasteiger partial charge in [0, 0.05) is 19.3 Å². The Morgan fingerprint density at radius 1 is 0.253 bits per heavy atom. The zero-order chi connectivity index (χ0) is 59.9. The Hall–Kier alpha value is -4.45. The Kier molecular flexibility index (Phi) is 66.3. The van der Waals surface area contributed by atoms with Crippen LogP contribution in [0, 0.1) is 0 Å². The normalized spacial score (nSPS) is 13.0. The fraction of sp³-hybridized carbons (Fsp3) is 0.675. The second kappa shape index (κ2) is 70.0. The second-order valence-electron chi connectivity index (χ2n) is 22.7. The minimum absolute atomic E-state index is 0.0849. The van der Waals surface area contributed by atoms with Crippen molar-refractivity contribution in [2.45, 2.75) is 322 Å². The van der Waals surface area contributed by atoms with E-state index < -0.39 is 6.10 Å². The van der Waals surface area contributed by atoms with Gasteiger partial charge in [0.1, 0.15) is 13.2 Å². The Morgan fingerprint density at radius 3 is 0.735 bits per heavy atom. The highest BCUT2D eigenvalue weighted by atomic mass is 16.6. The molecule has 1 unspecified atom stereocenters. The summed E-state index contributed by atoms with van der Waals surface area (Å²) < 4.78 is 16.9. The van der Waals surface area contributed by atoms with Crippen molar-refractivity contribution >= 4 is 17.9 Å². The highest BCUT2D eigenvalue weighted by Crippen LogP contribution is 2.17. The molecule has 0 bridgehead atoms. The lowest BCUT2D eigenvalue weighted by atomic mass is 10.0. The molecule has 0 N–H and O–H groups in total. The van der Waals surface area contributed by atoms with Gasteiger partial charge in [-0.05, 0) is 116 Å². The van der Waals surface area contributed by atoms with E-state index in [4.69, 9.17) is 14.2 Å². The first-order valence-electron chi connectivity index (χ1n) is 34.7. The molecule has 0 spiro atoms. The Bertz CT molecular complexity index is 1750. The highest BCUT2D eigenvalue weighted by Gasteiger charge is 2.19. The van der Waals surface area contributed by atoms with Crippen LogP contribution in [0.3, 0.4) is 0 Å². The Balaban J connectivity index is 4.14. The number of ether oxygens (including phenoxy) is 3. The third-order valence-electron chi connectivity index (χ3n) is 14.7. The number of esters is 3. The molecule has 0 aromatic rings. The molecule has 0 heterocycles. The molecule has 1 atom stereocenters. The van der Waals surface area contributed by atoms with Gasteiger partial charge < -0.3 is 14.2 Å². The lowest BCUT2D eigenvalue weighted by molar-refractivity contribution is -0.167. The smallest absolute Gasteiger partial charge is 0.306 e. The molecule has 0 aliphatic carbocycles. The molecule has 0 radical (unpaired) electrons. The number of rotatable bonds is 62. The molecule has 0 fully saturated rings. The van der Waals surface area contributed by atoms with E-state index in [0.29, 0.717) is 19.3 Å². The van der Waals surface area contributed by atoms with Gasteiger partial charge in [-0.3, -0.25) is 14.4 Å². The summed E-state index contributed by atoms with van der Waals surface area (Å²) in [5.74, 6) is -0.899. The van der Waals surface area contributed by atoms with E-state index in [1.807, 2.05) is 0 Å². The Morgan fingerprint density at radius 2 is 0.470 bits per heavy atom. The van der Waals surface area contributed by atoms with Crippen LogP contribution >= 0.6 is 0 Å².